The summed E-state index contributed by atoms with van der Waals surface area (Å²) in [5, 5.41) is 10.6. The predicted octanol–water partition coefficient (Wildman–Crippen LogP) is 3.57. The van der Waals surface area contributed by atoms with Crippen LogP contribution in [0.15, 0.2) is 36.4 Å². The van der Waals surface area contributed by atoms with Crippen LogP contribution < -0.4 is 14.2 Å². The van der Waals surface area contributed by atoms with E-state index in [4.69, 9.17) is 14.2 Å². The van der Waals surface area contributed by atoms with E-state index in [0.29, 0.717) is 29.2 Å². The van der Waals surface area contributed by atoms with Crippen molar-refractivity contribution in [2.75, 3.05) is 14.2 Å². The lowest BCUT2D eigenvalue weighted by molar-refractivity contribution is 0.0623. The summed E-state index contributed by atoms with van der Waals surface area (Å²) in [6.45, 7) is 1.93. The molecule has 2 atom stereocenters. The zero-order valence-electron chi connectivity index (χ0n) is 13.0. The van der Waals surface area contributed by atoms with E-state index in [2.05, 4.69) is 0 Å². The third-order valence-corrected chi connectivity index (χ3v) is 4.12. The normalized spacial score (nSPS) is 20.0. The molecule has 4 heteroatoms. The molecule has 0 saturated carbocycles. The minimum absolute atomic E-state index is 0.181. The van der Waals surface area contributed by atoms with Gasteiger partial charge in [-0.25, -0.2) is 0 Å². The fourth-order valence-electron chi connectivity index (χ4n) is 2.96. The molecule has 2 aromatic rings. The lowest BCUT2D eigenvalue weighted by Gasteiger charge is -2.32. The van der Waals surface area contributed by atoms with Gasteiger partial charge in [0.05, 0.1) is 25.9 Å². The van der Waals surface area contributed by atoms with Crippen LogP contribution in [0.25, 0.3) is 0 Å². The van der Waals surface area contributed by atoms with Crippen molar-refractivity contribution in [3.05, 3.63) is 53.1 Å². The highest BCUT2D eigenvalue weighted by Crippen LogP contribution is 2.49. The van der Waals surface area contributed by atoms with Crippen LogP contribution in [0.1, 0.15) is 35.3 Å². The molecule has 116 valence electrons. The Morgan fingerprint density at radius 3 is 2.41 bits per heavy atom. The van der Waals surface area contributed by atoms with E-state index in [1.54, 1.807) is 20.3 Å². The summed E-state index contributed by atoms with van der Waals surface area (Å²) in [5.41, 5.74) is 2.62. The molecule has 0 radical (unpaired) electrons. The van der Waals surface area contributed by atoms with Crippen molar-refractivity contribution in [1.82, 2.24) is 0 Å². The van der Waals surface area contributed by atoms with Crippen molar-refractivity contribution < 1.29 is 19.3 Å². The maximum absolute atomic E-state index is 10.6. The number of benzene rings is 2. The van der Waals surface area contributed by atoms with Gasteiger partial charge in [0, 0.05) is 18.1 Å². The van der Waals surface area contributed by atoms with Crippen molar-refractivity contribution >= 4 is 0 Å². The SMILES string of the molecule is COc1cc(OC)c2c(c1C)OC(c1ccccc1)CC2O. The van der Waals surface area contributed by atoms with Crippen molar-refractivity contribution in [2.24, 2.45) is 0 Å². The lowest BCUT2D eigenvalue weighted by Crippen LogP contribution is -2.20. The van der Waals surface area contributed by atoms with Gasteiger partial charge in [0.25, 0.3) is 0 Å². The van der Waals surface area contributed by atoms with Gasteiger partial charge >= 0.3 is 0 Å². The quantitative estimate of drug-likeness (QED) is 0.941. The standard InChI is InChI=1S/C18H20O4/c1-11-14(20-2)10-16(21-3)17-13(19)9-15(22-18(11)17)12-7-5-4-6-8-12/h4-8,10,13,15,19H,9H2,1-3H3. The lowest BCUT2D eigenvalue weighted by atomic mass is 9.92. The number of hydrogen-bond acceptors (Lipinski definition) is 4. The smallest absolute Gasteiger partial charge is 0.136 e. The van der Waals surface area contributed by atoms with Crippen molar-refractivity contribution in [3.63, 3.8) is 0 Å². The van der Waals surface area contributed by atoms with Gasteiger partial charge in [-0.05, 0) is 12.5 Å². The van der Waals surface area contributed by atoms with Crippen molar-refractivity contribution in [1.29, 1.82) is 0 Å². The summed E-state index contributed by atoms with van der Waals surface area (Å²) in [5.74, 6) is 1.94. The van der Waals surface area contributed by atoms with Gasteiger partial charge in [0.15, 0.2) is 0 Å². The maximum Gasteiger partial charge on any atom is 0.136 e. The summed E-state index contributed by atoms with van der Waals surface area (Å²) in [6, 6.07) is 11.7. The molecule has 0 bridgehead atoms. The number of rotatable bonds is 3. The van der Waals surface area contributed by atoms with Gasteiger partial charge < -0.3 is 19.3 Å². The van der Waals surface area contributed by atoms with Gasteiger partial charge in [0.1, 0.15) is 23.4 Å². The van der Waals surface area contributed by atoms with Crippen LogP contribution in [0.3, 0.4) is 0 Å². The number of ether oxygens (including phenoxy) is 3. The van der Waals surface area contributed by atoms with Crippen LogP contribution in [0.4, 0.5) is 0 Å². The largest absolute Gasteiger partial charge is 0.496 e. The molecular formula is C18H20O4. The molecule has 0 spiro atoms. The summed E-state index contributed by atoms with van der Waals surface area (Å²) in [4.78, 5) is 0. The Hall–Kier alpha value is -2.20. The zero-order valence-corrected chi connectivity index (χ0v) is 13.0. The molecule has 1 aliphatic rings. The minimum atomic E-state index is -0.631. The predicted molar refractivity (Wildman–Crippen MR) is 83.7 cm³/mol. The summed E-state index contributed by atoms with van der Waals surface area (Å²) in [6.07, 6.45) is -0.313. The first-order chi connectivity index (χ1) is 10.7. The third kappa shape index (κ3) is 2.40. The molecule has 1 N–H and O–H groups in total. The van der Waals surface area contributed by atoms with E-state index in [-0.39, 0.29) is 6.10 Å². The minimum Gasteiger partial charge on any atom is -0.496 e. The van der Waals surface area contributed by atoms with E-state index in [0.717, 1.165) is 11.1 Å². The average Bonchev–Trinajstić information content (AvgIpc) is 2.56. The van der Waals surface area contributed by atoms with Crippen LogP contribution >= 0.6 is 0 Å². The Morgan fingerprint density at radius 1 is 1.09 bits per heavy atom. The fourth-order valence-corrected chi connectivity index (χ4v) is 2.96. The molecule has 3 rings (SSSR count). The van der Waals surface area contributed by atoms with Gasteiger partial charge in [-0.3, -0.25) is 0 Å². The summed E-state index contributed by atoms with van der Waals surface area (Å²) < 4.78 is 17.0. The van der Waals surface area contributed by atoms with Crippen molar-refractivity contribution in [2.45, 2.75) is 25.6 Å². The first kappa shape index (κ1) is 14.7. The molecule has 1 aliphatic heterocycles. The number of aliphatic hydroxyl groups excluding tert-OH is 1. The Balaban J connectivity index is 2.08. The van der Waals surface area contributed by atoms with Gasteiger partial charge in [-0.1, -0.05) is 30.3 Å². The van der Waals surface area contributed by atoms with Crippen LogP contribution in [-0.4, -0.2) is 19.3 Å². The average molecular weight is 300 g/mol. The van der Waals surface area contributed by atoms with E-state index < -0.39 is 6.10 Å². The molecule has 0 fully saturated rings. The van der Waals surface area contributed by atoms with E-state index in [1.165, 1.54) is 0 Å². The topological polar surface area (TPSA) is 47.9 Å². The third-order valence-electron chi connectivity index (χ3n) is 4.12. The molecule has 1 heterocycles. The monoisotopic (exact) mass is 300 g/mol. The Kier molecular flexibility index (Phi) is 3.94. The highest BCUT2D eigenvalue weighted by atomic mass is 16.5. The van der Waals surface area contributed by atoms with E-state index in [9.17, 15) is 5.11 Å². The highest BCUT2D eigenvalue weighted by molar-refractivity contribution is 5.58. The fraction of sp³-hybridized carbons (Fsp3) is 0.333. The Bertz CT molecular complexity index is 667. The second-order valence-electron chi connectivity index (χ2n) is 5.42. The summed E-state index contributed by atoms with van der Waals surface area (Å²) in [7, 11) is 3.20. The molecule has 0 aromatic heterocycles. The highest BCUT2D eigenvalue weighted by Gasteiger charge is 2.33. The zero-order chi connectivity index (χ0) is 15.7. The van der Waals surface area contributed by atoms with Gasteiger partial charge in [0.2, 0.25) is 0 Å². The molecule has 22 heavy (non-hydrogen) atoms. The molecule has 0 aliphatic carbocycles. The molecular weight excluding hydrogens is 280 g/mol. The molecule has 4 nitrogen and oxygen atoms in total. The maximum atomic E-state index is 10.6. The first-order valence-corrected chi connectivity index (χ1v) is 7.30. The molecule has 0 amide bonds. The number of aliphatic hydroxyl groups is 1. The van der Waals surface area contributed by atoms with Crippen molar-refractivity contribution in [3.8, 4) is 17.2 Å². The Labute approximate surface area is 130 Å². The molecule has 2 unspecified atom stereocenters. The molecule has 0 saturated heterocycles. The first-order valence-electron chi connectivity index (χ1n) is 7.30. The molecule has 2 aromatic carbocycles. The van der Waals surface area contributed by atoms with E-state index >= 15 is 0 Å². The second kappa shape index (κ2) is 5.89. The van der Waals surface area contributed by atoms with Crippen LogP contribution in [0.2, 0.25) is 0 Å². The van der Waals surface area contributed by atoms with Gasteiger partial charge in [-0.2, -0.15) is 0 Å². The number of methoxy groups -OCH3 is 2. The second-order valence-corrected chi connectivity index (χ2v) is 5.42. The van der Waals surface area contributed by atoms with Gasteiger partial charge in [-0.15, -0.1) is 0 Å². The van der Waals surface area contributed by atoms with E-state index in [1.807, 2.05) is 37.3 Å². The van der Waals surface area contributed by atoms with Crippen LogP contribution in [0, 0.1) is 6.92 Å². The number of hydrogen-bond donors (Lipinski definition) is 1. The number of fused-ring (bicyclic) bond motifs is 1. The van der Waals surface area contributed by atoms with Crippen LogP contribution in [0.5, 0.6) is 17.2 Å². The van der Waals surface area contributed by atoms with Crippen LogP contribution in [-0.2, 0) is 0 Å². The Morgan fingerprint density at radius 2 is 1.77 bits per heavy atom. The summed E-state index contributed by atoms with van der Waals surface area (Å²) >= 11 is 0.